The summed E-state index contributed by atoms with van der Waals surface area (Å²) in [5.74, 6) is -0.566. The van der Waals surface area contributed by atoms with Crippen LogP contribution in [0, 0.1) is 0 Å². The van der Waals surface area contributed by atoms with Crippen LogP contribution < -0.4 is 5.32 Å². The lowest BCUT2D eigenvalue weighted by Gasteiger charge is -2.11. The molecule has 1 amide bonds. The number of benzene rings is 2. The Labute approximate surface area is 135 Å². The molecule has 2 N–H and O–H groups in total. The van der Waals surface area contributed by atoms with Gasteiger partial charge in [-0.15, -0.1) is 0 Å². The number of hydrogen-bond acceptors (Lipinski definition) is 2. The van der Waals surface area contributed by atoms with E-state index in [1.807, 2.05) is 0 Å². The topological polar surface area (TPSA) is 49.3 Å². The van der Waals surface area contributed by atoms with E-state index in [0.29, 0.717) is 5.56 Å². The minimum Gasteiger partial charge on any atom is -0.508 e. The summed E-state index contributed by atoms with van der Waals surface area (Å²) < 4.78 is 38.2. The number of carbonyl (C=O) groups is 1. The van der Waals surface area contributed by atoms with E-state index in [2.05, 4.69) is 5.32 Å². The van der Waals surface area contributed by atoms with Gasteiger partial charge in [0.2, 0.25) is 5.91 Å². The van der Waals surface area contributed by atoms with Crippen LogP contribution in [-0.4, -0.2) is 11.0 Å². The second-order valence-electron chi connectivity index (χ2n) is 4.61. The number of carbonyl (C=O) groups excluding carboxylic acids is 1. The van der Waals surface area contributed by atoms with Gasteiger partial charge in [-0.3, -0.25) is 4.79 Å². The molecular weight excluding hydrogens is 331 g/mol. The third-order valence-corrected chi connectivity index (χ3v) is 3.17. The normalized spacial score (nSPS) is 11.7. The highest BCUT2D eigenvalue weighted by Crippen LogP contribution is 2.36. The van der Waals surface area contributed by atoms with Crippen LogP contribution in [0.25, 0.3) is 6.08 Å². The molecule has 0 aromatic heterocycles. The van der Waals surface area contributed by atoms with E-state index in [1.165, 1.54) is 24.3 Å². The molecule has 2 aromatic carbocycles. The van der Waals surface area contributed by atoms with Gasteiger partial charge in [0.25, 0.3) is 0 Å². The molecule has 3 nitrogen and oxygen atoms in total. The Kier molecular flexibility index (Phi) is 4.95. The second kappa shape index (κ2) is 6.75. The van der Waals surface area contributed by atoms with Crippen molar-refractivity contribution in [3.63, 3.8) is 0 Å². The van der Waals surface area contributed by atoms with Gasteiger partial charge in [0.05, 0.1) is 10.6 Å². The van der Waals surface area contributed by atoms with Crippen molar-refractivity contribution in [3.8, 4) is 5.75 Å². The molecule has 0 aliphatic rings. The zero-order valence-electron chi connectivity index (χ0n) is 11.6. The van der Waals surface area contributed by atoms with Gasteiger partial charge in [0.15, 0.2) is 0 Å². The molecular formula is C16H11ClF3NO2. The number of hydrogen-bond donors (Lipinski definition) is 2. The van der Waals surface area contributed by atoms with Gasteiger partial charge in [-0.2, -0.15) is 13.2 Å². The average molecular weight is 342 g/mol. The Hall–Kier alpha value is -2.47. The van der Waals surface area contributed by atoms with E-state index in [9.17, 15) is 23.1 Å². The number of amides is 1. The van der Waals surface area contributed by atoms with Crippen LogP contribution in [0.4, 0.5) is 18.9 Å². The Bertz CT molecular complexity index is 757. The molecule has 0 saturated heterocycles. The zero-order chi connectivity index (χ0) is 17.0. The van der Waals surface area contributed by atoms with Crippen molar-refractivity contribution in [2.24, 2.45) is 0 Å². The maximum absolute atomic E-state index is 12.7. The molecule has 0 atom stereocenters. The van der Waals surface area contributed by atoms with Crippen LogP contribution in [0.5, 0.6) is 5.75 Å². The minimum absolute atomic E-state index is 0.0210. The minimum atomic E-state index is -4.60. The van der Waals surface area contributed by atoms with E-state index < -0.39 is 22.7 Å². The van der Waals surface area contributed by atoms with Crippen LogP contribution in [0.3, 0.4) is 0 Å². The summed E-state index contributed by atoms with van der Waals surface area (Å²) in [6.07, 6.45) is -2.03. The molecule has 2 rings (SSSR count). The Morgan fingerprint density at radius 1 is 1.17 bits per heavy atom. The standard InChI is InChI=1S/C16H11ClF3NO2/c17-14-6-5-11(9-13(14)16(18,19)20)21-15(23)7-4-10-2-1-3-12(22)8-10/h1-9,22H,(H,21,23). The highest BCUT2D eigenvalue weighted by molar-refractivity contribution is 6.31. The van der Waals surface area contributed by atoms with Crippen molar-refractivity contribution in [1.82, 2.24) is 0 Å². The average Bonchev–Trinajstić information content (AvgIpc) is 2.46. The van der Waals surface area contributed by atoms with Crippen molar-refractivity contribution in [1.29, 1.82) is 0 Å². The van der Waals surface area contributed by atoms with Gasteiger partial charge in [-0.1, -0.05) is 23.7 Å². The SMILES string of the molecule is O=C(C=Cc1cccc(O)c1)Nc1ccc(Cl)c(C(F)(F)F)c1. The van der Waals surface area contributed by atoms with E-state index >= 15 is 0 Å². The van der Waals surface area contributed by atoms with Crippen LogP contribution in [0.1, 0.15) is 11.1 Å². The molecule has 7 heteroatoms. The molecule has 0 aliphatic carbocycles. The van der Waals surface area contributed by atoms with Gasteiger partial charge in [-0.05, 0) is 42.0 Å². The number of alkyl halides is 3. The number of anilines is 1. The van der Waals surface area contributed by atoms with E-state index in [0.717, 1.165) is 18.2 Å². The number of phenols is 1. The van der Waals surface area contributed by atoms with Crippen molar-refractivity contribution >= 4 is 29.3 Å². The number of halogens is 4. The highest BCUT2D eigenvalue weighted by atomic mass is 35.5. The number of phenolic OH excluding ortho intramolecular Hbond substituents is 1. The lowest BCUT2D eigenvalue weighted by atomic mass is 10.2. The summed E-state index contributed by atoms with van der Waals surface area (Å²) in [6, 6.07) is 9.28. The smallest absolute Gasteiger partial charge is 0.417 e. The summed E-state index contributed by atoms with van der Waals surface area (Å²) in [7, 11) is 0. The predicted molar refractivity (Wildman–Crippen MR) is 82.2 cm³/mol. The van der Waals surface area contributed by atoms with Gasteiger partial charge >= 0.3 is 6.18 Å². The van der Waals surface area contributed by atoms with E-state index in [4.69, 9.17) is 11.6 Å². The summed E-state index contributed by atoms with van der Waals surface area (Å²) in [5.41, 5.74) is -0.464. The Balaban J connectivity index is 2.12. The quantitative estimate of drug-likeness (QED) is 0.794. The first-order valence-corrected chi connectivity index (χ1v) is 6.78. The molecule has 0 bridgehead atoms. The largest absolute Gasteiger partial charge is 0.508 e. The summed E-state index contributed by atoms with van der Waals surface area (Å²) in [5, 5.41) is 11.2. The first-order chi connectivity index (χ1) is 10.8. The fourth-order valence-corrected chi connectivity index (χ4v) is 2.03. The van der Waals surface area contributed by atoms with Gasteiger partial charge < -0.3 is 10.4 Å². The maximum Gasteiger partial charge on any atom is 0.417 e. The first-order valence-electron chi connectivity index (χ1n) is 6.40. The van der Waals surface area contributed by atoms with Crippen LogP contribution in [0.15, 0.2) is 48.5 Å². The zero-order valence-corrected chi connectivity index (χ0v) is 12.3. The third-order valence-electron chi connectivity index (χ3n) is 2.84. The fourth-order valence-electron chi connectivity index (χ4n) is 1.80. The third kappa shape index (κ3) is 4.75. The molecule has 0 saturated carbocycles. The monoisotopic (exact) mass is 341 g/mol. The summed E-state index contributed by atoms with van der Waals surface area (Å²) in [4.78, 5) is 11.7. The first kappa shape index (κ1) is 16.9. The van der Waals surface area contributed by atoms with Crippen LogP contribution in [0.2, 0.25) is 5.02 Å². The van der Waals surface area contributed by atoms with E-state index in [-0.39, 0.29) is 11.4 Å². The number of rotatable bonds is 3. The lowest BCUT2D eigenvalue weighted by molar-refractivity contribution is -0.137. The van der Waals surface area contributed by atoms with Gasteiger partial charge in [0.1, 0.15) is 5.75 Å². The molecule has 23 heavy (non-hydrogen) atoms. The lowest BCUT2D eigenvalue weighted by Crippen LogP contribution is -2.11. The molecule has 0 fully saturated rings. The molecule has 0 spiro atoms. The fraction of sp³-hybridized carbons (Fsp3) is 0.0625. The van der Waals surface area contributed by atoms with Crippen molar-refractivity contribution in [3.05, 3.63) is 64.7 Å². The second-order valence-corrected chi connectivity index (χ2v) is 5.02. The summed E-state index contributed by atoms with van der Waals surface area (Å²) >= 11 is 5.50. The van der Waals surface area contributed by atoms with Crippen molar-refractivity contribution in [2.75, 3.05) is 5.32 Å². The highest BCUT2D eigenvalue weighted by Gasteiger charge is 2.33. The molecule has 0 aliphatic heterocycles. The molecule has 2 aromatic rings. The molecule has 0 radical (unpaired) electrons. The van der Waals surface area contributed by atoms with Gasteiger partial charge in [-0.25, -0.2) is 0 Å². The van der Waals surface area contributed by atoms with E-state index in [1.54, 1.807) is 12.1 Å². The van der Waals surface area contributed by atoms with Gasteiger partial charge in [0, 0.05) is 11.8 Å². The van der Waals surface area contributed by atoms with Crippen molar-refractivity contribution in [2.45, 2.75) is 6.18 Å². The Morgan fingerprint density at radius 3 is 2.57 bits per heavy atom. The summed E-state index contributed by atoms with van der Waals surface area (Å²) in [6.45, 7) is 0. The van der Waals surface area contributed by atoms with Crippen molar-refractivity contribution < 1.29 is 23.1 Å². The molecule has 0 unspecified atom stereocenters. The van der Waals surface area contributed by atoms with Crippen LogP contribution >= 0.6 is 11.6 Å². The maximum atomic E-state index is 12.7. The molecule has 0 heterocycles. The number of aromatic hydroxyl groups is 1. The van der Waals surface area contributed by atoms with Crippen LogP contribution in [-0.2, 0) is 11.0 Å². The number of nitrogens with one attached hydrogen (secondary N) is 1. The Morgan fingerprint density at radius 2 is 1.91 bits per heavy atom. The predicted octanol–water partition coefficient (Wildman–Crippen LogP) is 4.72. The molecule has 120 valence electrons.